The molecule has 1 aromatic carbocycles. The third-order valence-electron chi connectivity index (χ3n) is 6.30. The Balaban J connectivity index is 1.59. The standard InChI is InChI=1S/C24H36N2O2/c1-24(2,3)23(28)26-15-9-13-20(17-26)22(27)25-21-14-8-7-12-19(21)16-18-10-5-4-6-11-18/h4-6,10-11,19-21H,7-9,12-17H2,1-3H3,(H,25,27). The average Bonchev–Trinajstić information content (AvgIpc) is 2.69. The molecule has 1 N–H and O–H groups in total. The number of piperidine rings is 1. The molecule has 154 valence electrons. The fourth-order valence-electron chi connectivity index (χ4n) is 4.71. The summed E-state index contributed by atoms with van der Waals surface area (Å²) in [7, 11) is 0. The van der Waals surface area contributed by atoms with Crippen molar-refractivity contribution in [2.45, 2.75) is 71.8 Å². The van der Waals surface area contributed by atoms with Crippen molar-refractivity contribution in [1.82, 2.24) is 10.2 Å². The molecule has 4 nitrogen and oxygen atoms in total. The molecule has 0 radical (unpaired) electrons. The van der Waals surface area contributed by atoms with Gasteiger partial charge in [-0.15, -0.1) is 0 Å². The lowest BCUT2D eigenvalue weighted by atomic mass is 9.80. The zero-order chi connectivity index (χ0) is 20.1. The number of benzene rings is 1. The number of nitrogens with one attached hydrogen (secondary N) is 1. The molecular formula is C24H36N2O2. The van der Waals surface area contributed by atoms with Crippen LogP contribution in [0, 0.1) is 17.3 Å². The van der Waals surface area contributed by atoms with Crippen LogP contribution < -0.4 is 5.32 Å². The van der Waals surface area contributed by atoms with Gasteiger partial charge in [-0.2, -0.15) is 0 Å². The summed E-state index contributed by atoms with van der Waals surface area (Å²) in [5, 5.41) is 3.38. The zero-order valence-electron chi connectivity index (χ0n) is 17.7. The molecular weight excluding hydrogens is 348 g/mol. The lowest BCUT2D eigenvalue weighted by Gasteiger charge is -2.38. The predicted molar refractivity (Wildman–Crippen MR) is 113 cm³/mol. The van der Waals surface area contributed by atoms with Crippen LogP contribution in [0.1, 0.15) is 64.9 Å². The van der Waals surface area contributed by atoms with E-state index in [9.17, 15) is 9.59 Å². The maximum absolute atomic E-state index is 13.0. The van der Waals surface area contributed by atoms with E-state index in [-0.39, 0.29) is 29.2 Å². The topological polar surface area (TPSA) is 49.4 Å². The molecule has 1 saturated heterocycles. The monoisotopic (exact) mass is 384 g/mol. The van der Waals surface area contributed by atoms with Crippen molar-refractivity contribution in [1.29, 1.82) is 0 Å². The molecule has 1 saturated carbocycles. The minimum absolute atomic E-state index is 0.0700. The van der Waals surface area contributed by atoms with Gasteiger partial charge in [0.05, 0.1) is 5.92 Å². The lowest BCUT2D eigenvalue weighted by molar-refractivity contribution is -0.143. The first-order valence-electron chi connectivity index (χ1n) is 11.0. The Bertz CT molecular complexity index is 665. The summed E-state index contributed by atoms with van der Waals surface area (Å²) in [6.45, 7) is 7.21. The van der Waals surface area contributed by atoms with Crippen LogP contribution in [-0.4, -0.2) is 35.8 Å². The first-order chi connectivity index (χ1) is 13.3. The van der Waals surface area contributed by atoms with Crippen molar-refractivity contribution < 1.29 is 9.59 Å². The highest BCUT2D eigenvalue weighted by molar-refractivity contribution is 5.84. The Morgan fingerprint density at radius 2 is 1.75 bits per heavy atom. The predicted octanol–water partition coefficient (Wildman–Crippen LogP) is 4.19. The molecule has 2 fully saturated rings. The minimum atomic E-state index is -0.386. The van der Waals surface area contributed by atoms with Crippen molar-refractivity contribution in [2.24, 2.45) is 17.3 Å². The van der Waals surface area contributed by atoms with Gasteiger partial charge >= 0.3 is 0 Å². The second-order valence-corrected chi connectivity index (χ2v) is 9.69. The van der Waals surface area contributed by atoms with Gasteiger partial charge in [-0.1, -0.05) is 63.9 Å². The van der Waals surface area contributed by atoms with Crippen LogP contribution in [0.2, 0.25) is 0 Å². The van der Waals surface area contributed by atoms with Gasteiger partial charge in [0, 0.05) is 24.5 Å². The highest BCUT2D eigenvalue weighted by Gasteiger charge is 2.35. The highest BCUT2D eigenvalue weighted by atomic mass is 16.2. The van der Waals surface area contributed by atoms with Crippen LogP contribution in [0.15, 0.2) is 30.3 Å². The van der Waals surface area contributed by atoms with Gasteiger partial charge in [-0.05, 0) is 43.6 Å². The van der Waals surface area contributed by atoms with Crippen LogP contribution in [0.4, 0.5) is 0 Å². The van der Waals surface area contributed by atoms with Crippen molar-refractivity contribution >= 4 is 11.8 Å². The zero-order valence-corrected chi connectivity index (χ0v) is 17.7. The molecule has 2 amide bonds. The number of nitrogens with zero attached hydrogens (tertiary/aromatic N) is 1. The number of amides is 2. The molecule has 3 atom stereocenters. The van der Waals surface area contributed by atoms with Crippen molar-refractivity contribution in [3.8, 4) is 0 Å². The highest BCUT2D eigenvalue weighted by Crippen LogP contribution is 2.29. The number of carbonyl (C=O) groups excluding carboxylic acids is 2. The summed E-state index contributed by atoms with van der Waals surface area (Å²) >= 11 is 0. The fraction of sp³-hybridized carbons (Fsp3) is 0.667. The maximum atomic E-state index is 13.0. The number of carbonyl (C=O) groups is 2. The van der Waals surface area contributed by atoms with Crippen LogP contribution in [0.25, 0.3) is 0 Å². The normalized spacial score (nSPS) is 26.0. The summed E-state index contributed by atoms with van der Waals surface area (Å²) in [5.74, 6) is 0.747. The molecule has 4 heteroatoms. The first-order valence-corrected chi connectivity index (χ1v) is 11.0. The molecule has 0 aromatic heterocycles. The Labute approximate surface area is 170 Å². The molecule has 28 heavy (non-hydrogen) atoms. The van der Waals surface area contributed by atoms with E-state index in [1.165, 1.54) is 24.8 Å². The van der Waals surface area contributed by atoms with Crippen LogP contribution >= 0.6 is 0 Å². The number of hydrogen-bond donors (Lipinski definition) is 1. The van der Waals surface area contributed by atoms with Gasteiger partial charge in [0.2, 0.25) is 11.8 Å². The third-order valence-corrected chi connectivity index (χ3v) is 6.30. The minimum Gasteiger partial charge on any atom is -0.353 e. The van der Waals surface area contributed by atoms with Gasteiger partial charge in [0.25, 0.3) is 0 Å². The summed E-state index contributed by atoms with van der Waals surface area (Å²) in [6.07, 6.45) is 7.52. The van der Waals surface area contributed by atoms with E-state index in [1.807, 2.05) is 25.7 Å². The van der Waals surface area contributed by atoms with Crippen molar-refractivity contribution in [3.05, 3.63) is 35.9 Å². The van der Waals surface area contributed by atoms with Crippen molar-refractivity contribution in [3.63, 3.8) is 0 Å². The molecule has 1 aliphatic carbocycles. The van der Waals surface area contributed by atoms with Gasteiger partial charge in [0.1, 0.15) is 0 Å². The number of likely N-dealkylation sites (tertiary alicyclic amines) is 1. The van der Waals surface area contributed by atoms with E-state index in [0.29, 0.717) is 12.5 Å². The van der Waals surface area contributed by atoms with Gasteiger partial charge < -0.3 is 10.2 Å². The van der Waals surface area contributed by atoms with E-state index in [1.54, 1.807) is 0 Å². The summed E-state index contributed by atoms with van der Waals surface area (Å²) in [6, 6.07) is 10.9. The number of hydrogen-bond acceptors (Lipinski definition) is 2. The van der Waals surface area contributed by atoms with Crippen molar-refractivity contribution in [2.75, 3.05) is 13.1 Å². The summed E-state index contributed by atoms with van der Waals surface area (Å²) in [5.41, 5.74) is 0.968. The lowest BCUT2D eigenvalue weighted by Crippen LogP contribution is -2.51. The molecule has 1 aliphatic heterocycles. The van der Waals surface area contributed by atoms with Gasteiger partial charge in [0.15, 0.2) is 0 Å². The number of rotatable bonds is 4. The van der Waals surface area contributed by atoms with E-state index >= 15 is 0 Å². The van der Waals surface area contributed by atoms with E-state index in [0.717, 1.165) is 32.2 Å². The SMILES string of the molecule is CC(C)(C)C(=O)N1CCCC(C(=O)NC2CCCCC2Cc2ccccc2)C1. The maximum Gasteiger partial charge on any atom is 0.227 e. The Hall–Kier alpha value is -1.84. The molecule has 2 aliphatic rings. The largest absolute Gasteiger partial charge is 0.353 e. The first kappa shape index (κ1) is 20.9. The second-order valence-electron chi connectivity index (χ2n) is 9.69. The Morgan fingerprint density at radius 3 is 2.46 bits per heavy atom. The van der Waals surface area contributed by atoms with E-state index in [2.05, 4.69) is 35.6 Å². The summed E-state index contributed by atoms with van der Waals surface area (Å²) in [4.78, 5) is 27.6. The molecule has 1 aromatic rings. The molecule has 3 rings (SSSR count). The van der Waals surface area contributed by atoms with Crippen LogP contribution in [0.5, 0.6) is 0 Å². The van der Waals surface area contributed by atoms with Crippen LogP contribution in [-0.2, 0) is 16.0 Å². The molecule has 0 spiro atoms. The fourth-order valence-corrected chi connectivity index (χ4v) is 4.71. The second kappa shape index (κ2) is 9.11. The van der Waals surface area contributed by atoms with E-state index < -0.39 is 0 Å². The third kappa shape index (κ3) is 5.36. The smallest absolute Gasteiger partial charge is 0.227 e. The van der Waals surface area contributed by atoms with Gasteiger partial charge in [-0.3, -0.25) is 9.59 Å². The Morgan fingerprint density at radius 1 is 1.04 bits per heavy atom. The quantitative estimate of drug-likeness (QED) is 0.846. The molecule has 1 heterocycles. The molecule has 0 bridgehead atoms. The molecule has 3 unspecified atom stereocenters. The van der Waals surface area contributed by atoms with E-state index in [4.69, 9.17) is 0 Å². The average molecular weight is 385 g/mol. The summed E-state index contributed by atoms with van der Waals surface area (Å²) < 4.78 is 0. The van der Waals surface area contributed by atoms with Gasteiger partial charge in [-0.25, -0.2) is 0 Å². The Kier molecular flexibility index (Phi) is 6.79. The van der Waals surface area contributed by atoms with Crippen LogP contribution in [0.3, 0.4) is 0 Å².